The van der Waals surface area contributed by atoms with E-state index in [9.17, 15) is 4.79 Å². The number of nitrogens with zero attached hydrogens (tertiary/aromatic N) is 2. The van der Waals surface area contributed by atoms with Crippen LogP contribution in [0.3, 0.4) is 0 Å². The van der Waals surface area contributed by atoms with Gasteiger partial charge < -0.3 is 4.42 Å². The fourth-order valence-corrected chi connectivity index (χ4v) is 3.19. The van der Waals surface area contributed by atoms with Crippen LogP contribution in [0.4, 0.5) is 0 Å². The Morgan fingerprint density at radius 3 is 2.41 bits per heavy atom. The quantitative estimate of drug-likeness (QED) is 0.380. The number of aromatic nitrogens is 2. The zero-order valence-electron chi connectivity index (χ0n) is 16.3. The van der Waals surface area contributed by atoms with Crippen molar-refractivity contribution in [3.05, 3.63) is 96.1 Å². The minimum Gasteiger partial charge on any atom is -0.432 e. The summed E-state index contributed by atoms with van der Waals surface area (Å²) in [4.78, 5) is 21.2. The number of hydrogen-bond donors (Lipinski definition) is 0. The number of pyridine rings is 1. The normalized spacial score (nSPS) is 10.8. The van der Waals surface area contributed by atoms with Crippen molar-refractivity contribution in [2.45, 2.75) is 26.2 Å². The van der Waals surface area contributed by atoms with E-state index in [1.165, 1.54) is 11.1 Å². The molecule has 0 fully saturated rings. The van der Waals surface area contributed by atoms with E-state index in [2.05, 4.69) is 46.4 Å². The highest BCUT2D eigenvalue weighted by Gasteiger charge is 2.15. The summed E-state index contributed by atoms with van der Waals surface area (Å²) in [5, 5.41) is 0. The second-order valence-electron chi connectivity index (χ2n) is 6.88. The number of oxazole rings is 1. The molecule has 2 aromatic carbocycles. The van der Waals surface area contributed by atoms with E-state index in [0.29, 0.717) is 24.3 Å². The van der Waals surface area contributed by atoms with E-state index in [4.69, 9.17) is 4.42 Å². The first-order valence-electron chi connectivity index (χ1n) is 9.82. The van der Waals surface area contributed by atoms with Gasteiger partial charge >= 0.3 is 0 Å². The largest absolute Gasteiger partial charge is 0.432 e. The van der Waals surface area contributed by atoms with Crippen molar-refractivity contribution in [2.24, 2.45) is 0 Å². The van der Waals surface area contributed by atoms with Gasteiger partial charge in [0.15, 0.2) is 5.76 Å². The lowest BCUT2D eigenvalue weighted by Crippen LogP contribution is -2.01. The van der Waals surface area contributed by atoms with Crippen molar-refractivity contribution in [3.8, 4) is 22.6 Å². The van der Waals surface area contributed by atoms with Crippen LogP contribution < -0.4 is 0 Å². The molecule has 2 aromatic heterocycles. The number of Topliss-reactive ketones (excluding diaryl/α,β-unsaturated/α-hetero) is 1. The van der Waals surface area contributed by atoms with Crippen LogP contribution in [-0.4, -0.2) is 15.8 Å². The van der Waals surface area contributed by atoms with E-state index in [1.54, 1.807) is 6.20 Å². The summed E-state index contributed by atoms with van der Waals surface area (Å²) >= 11 is 0. The van der Waals surface area contributed by atoms with Gasteiger partial charge in [0.2, 0.25) is 5.78 Å². The van der Waals surface area contributed by atoms with Gasteiger partial charge in [-0.05, 0) is 41.7 Å². The SMILES string of the molecule is CCc1cccc(-c2cnc(C(=O)CCc3ccc(-c4ccccc4)cc3)o2)n1. The van der Waals surface area contributed by atoms with Gasteiger partial charge in [-0.25, -0.2) is 9.97 Å². The minimum absolute atomic E-state index is 0.102. The average molecular weight is 382 g/mol. The maximum absolute atomic E-state index is 12.5. The third kappa shape index (κ3) is 4.49. The van der Waals surface area contributed by atoms with E-state index in [-0.39, 0.29) is 11.7 Å². The summed E-state index contributed by atoms with van der Waals surface area (Å²) in [5.41, 5.74) is 5.14. The maximum atomic E-state index is 12.5. The molecule has 0 N–H and O–H groups in total. The predicted molar refractivity (Wildman–Crippen MR) is 114 cm³/mol. The van der Waals surface area contributed by atoms with Crippen molar-refractivity contribution in [1.82, 2.24) is 9.97 Å². The van der Waals surface area contributed by atoms with Gasteiger partial charge in [0, 0.05) is 12.1 Å². The molecule has 0 atom stereocenters. The summed E-state index contributed by atoms with van der Waals surface area (Å²) in [7, 11) is 0. The first kappa shape index (κ1) is 18.8. The van der Waals surface area contributed by atoms with Gasteiger partial charge in [-0.3, -0.25) is 4.79 Å². The summed E-state index contributed by atoms with van der Waals surface area (Å²) < 4.78 is 5.67. The highest BCUT2D eigenvalue weighted by molar-refractivity contribution is 5.92. The zero-order valence-corrected chi connectivity index (χ0v) is 16.3. The molecule has 0 aliphatic carbocycles. The van der Waals surface area contributed by atoms with Gasteiger partial charge in [-0.1, -0.05) is 67.6 Å². The molecule has 0 aliphatic heterocycles. The monoisotopic (exact) mass is 382 g/mol. The molecule has 0 spiro atoms. The Balaban J connectivity index is 1.39. The molecule has 4 aromatic rings. The molecule has 0 amide bonds. The number of aryl methyl sites for hydroxylation is 2. The molecule has 4 heteroatoms. The Bertz CT molecular complexity index is 1100. The number of benzene rings is 2. The molecule has 0 saturated carbocycles. The molecule has 2 heterocycles. The number of carbonyl (C=O) groups excluding carboxylic acids is 1. The highest BCUT2D eigenvalue weighted by Crippen LogP contribution is 2.21. The Kier molecular flexibility index (Phi) is 5.61. The third-order valence-electron chi connectivity index (χ3n) is 4.87. The molecule has 29 heavy (non-hydrogen) atoms. The van der Waals surface area contributed by atoms with Crippen molar-refractivity contribution in [2.75, 3.05) is 0 Å². The predicted octanol–water partition coefficient (Wildman–Crippen LogP) is 5.78. The molecule has 144 valence electrons. The van der Waals surface area contributed by atoms with Crippen LogP contribution in [0.5, 0.6) is 0 Å². The van der Waals surface area contributed by atoms with E-state index >= 15 is 0 Å². The van der Waals surface area contributed by atoms with Crippen molar-refractivity contribution < 1.29 is 9.21 Å². The fraction of sp³-hybridized carbons (Fsp3) is 0.160. The fourth-order valence-electron chi connectivity index (χ4n) is 3.19. The van der Waals surface area contributed by atoms with Gasteiger partial charge in [0.25, 0.3) is 5.89 Å². The zero-order chi connectivity index (χ0) is 20.1. The highest BCUT2D eigenvalue weighted by atomic mass is 16.4. The number of ketones is 1. The maximum Gasteiger partial charge on any atom is 0.263 e. The van der Waals surface area contributed by atoms with Crippen molar-refractivity contribution in [1.29, 1.82) is 0 Å². The lowest BCUT2D eigenvalue weighted by molar-refractivity contribution is 0.0950. The number of rotatable bonds is 7. The van der Waals surface area contributed by atoms with Crippen molar-refractivity contribution >= 4 is 5.78 Å². The summed E-state index contributed by atoms with van der Waals surface area (Å²) in [6.45, 7) is 2.05. The molecular weight excluding hydrogens is 360 g/mol. The molecule has 0 saturated heterocycles. The van der Waals surface area contributed by atoms with Crippen molar-refractivity contribution in [3.63, 3.8) is 0 Å². The molecular formula is C25H22N2O2. The molecule has 4 nitrogen and oxygen atoms in total. The topological polar surface area (TPSA) is 56.0 Å². The number of carbonyl (C=O) groups is 1. The first-order valence-corrected chi connectivity index (χ1v) is 9.82. The lowest BCUT2D eigenvalue weighted by atomic mass is 10.0. The molecule has 0 aliphatic rings. The Labute approximate surface area is 170 Å². The molecule has 0 bridgehead atoms. The van der Waals surface area contributed by atoms with E-state index in [1.807, 2.05) is 43.3 Å². The number of hydrogen-bond acceptors (Lipinski definition) is 4. The van der Waals surface area contributed by atoms with Crippen LogP contribution in [0.2, 0.25) is 0 Å². The van der Waals surface area contributed by atoms with Gasteiger partial charge in [0.1, 0.15) is 5.69 Å². The van der Waals surface area contributed by atoms with Gasteiger partial charge in [0.05, 0.1) is 6.20 Å². The second kappa shape index (κ2) is 8.65. The Hall–Kier alpha value is -3.53. The third-order valence-corrected chi connectivity index (χ3v) is 4.87. The van der Waals surface area contributed by atoms with Gasteiger partial charge in [-0.2, -0.15) is 0 Å². The summed E-state index contributed by atoms with van der Waals surface area (Å²) in [5.74, 6) is 0.565. The van der Waals surface area contributed by atoms with Crippen LogP contribution in [0, 0.1) is 0 Å². The standard InChI is InChI=1S/C25H22N2O2/c1-2-21-9-6-10-22(27-21)24-17-26-25(29-24)23(28)16-13-18-11-14-20(15-12-18)19-7-4-3-5-8-19/h3-12,14-15,17H,2,13,16H2,1H3. The molecule has 0 unspecified atom stereocenters. The molecule has 0 radical (unpaired) electrons. The second-order valence-corrected chi connectivity index (χ2v) is 6.88. The smallest absolute Gasteiger partial charge is 0.263 e. The van der Waals surface area contributed by atoms with Crippen LogP contribution in [-0.2, 0) is 12.8 Å². The minimum atomic E-state index is -0.102. The average Bonchev–Trinajstić information content (AvgIpc) is 3.29. The van der Waals surface area contributed by atoms with Crippen LogP contribution >= 0.6 is 0 Å². The van der Waals surface area contributed by atoms with E-state index < -0.39 is 0 Å². The molecule has 4 rings (SSSR count). The van der Waals surface area contributed by atoms with Gasteiger partial charge in [-0.15, -0.1) is 0 Å². The summed E-state index contributed by atoms with van der Waals surface area (Å²) in [6.07, 6.45) is 3.42. The van der Waals surface area contributed by atoms with Crippen LogP contribution in [0.1, 0.15) is 35.3 Å². The van der Waals surface area contributed by atoms with Crippen LogP contribution in [0.25, 0.3) is 22.6 Å². The Morgan fingerprint density at radius 2 is 1.66 bits per heavy atom. The van der Waals surface area contributed by atoms with E-state index in [0.717, 1.165) is 17.7 Å². The lowest BCUT2D eigenvalue weighted by Gasteiger charge is -2.04. The Morgan fingerprint density at radius 1 is 0.897 bits per heavy atom. The first-order chi connectivity index (χ1) is 14.2. The van der Waals surface area contributed by atoms with Crippen LogP contribution in [0.15, 0.2) is 83.4 Å². The summed E-state index contributed by atoms with van der Waals surface area (Å²) in [6, 6.07) is 24.3.